The molecule has 1 aliphatic rings. The molecule has 0 aromatic heterocycles. The molecule has 0 radical (unpaired) electrons. The summed E-state index contributed by atoms with van der Waals surface area (Å²) in [7, 11) is 0. The summed E-state index contributed by atoms with van der Waals surface area (Å²) in [6, 6.07) is 0. The summed E-state index contributed by atoms with van der Waals surface area (Å²) in [6.45, 7) is 0.577. The van der Waals surface area contributed by atoms with Gasteiger partial charge in [-0.25, -0.2) is 0 Å². The maximum absolute atomic E-state index is 8.99. The van der Waals surface area contributed by atoms with Crippen LogP contribution in [0.3, 0.4) is 0 Å². The highest BCUT2D eigenvalue weighted by molar-refractivity contribution is 4.82. The van der Waals surface area contributed by atoms with Crippen LogP contribution in [0.2, 0.25) is 0 Å². The quantitative estimate of drug-likeness (QED) is 0.431. The molecule has 0 heterocycles. The van der Waals surface area contributed by atoms with Crippen molar-refractivity contribution in [1.29, 1.82) is 0 Å². The maximum atomic E-state index is 8.99. The second kappa shape index (κ2) is 2.64. The average molecular weight is 131 g/mol. The molecule has 0 aromatic rings. The van der Waals surface area contributed by atoms with Gasteiger partial charge in [-0.3, -0.25) is 0 Å². The van der Waals surface area contributed by atoms with E-state index in [0.717, 1.165) is 0 Å². The van der Waals surface area contributed by atoms with Crippen LogP contribution in [0, 0.1) is 5.92 Å². The first-order valence-electron chi connectivity index (χ1n) is 3.30. The van der Waals surface area contributed by atoms with Crippen molar-refractivity contribution in [1.82, 2.24) is 0 Å². The highest BCUT2D eigenvalue weighted by Crippen LogP contribution is 2.24. The van der Waals surface area contributed by atoms with Crippen molar-refractivity contribution < 1.29 is 10.2 Å². The van der Waals surface area contributed by atoms with Gasteiger partial charge < -0.3 is 15.9 Å². The van der Waals surface area contributed by atoms with Crippen LogP contribution in [-0.4, -0.2) is 29.0 Å². The minimum atomic E-state index is -0.529. The van der Waals surface area contributed by atoms with Gasteiger partial charge in [-0.2, -0.15) is 0 Å². The topological polar surface area (TPSA) is 66.5 Å². The molecule has 4 N–H and O–H groups in total. The Morgan fingerprint density at radius 3 is 1.89 bits per heavy atom. The van der Waals surface area contributed by atoms with Crippen LogP contribution in [0.5, 0.6) is 0 Å². The molecule has 0 aliphatic heterocycles. The minimum absolute atomic E-state index is 0.329. The Labute approximate surface area is 54.5 Å². The second-order valence-electron chi connectivity index (χ2n) is 2.71. The predicted molar refractivity (Wildman–Crippen MR) is 33.8 cm³/mol. The molecule has 3 nitrogen and oxygen atoms in total. The number of hydrogen-bond acceptors (Lipinski definition) is 3. The second-order valence-corrected chi connectivity index (χ2v) is 2.71. The van der Waals surface area contributed by atoms with Gasteiger partial charge in [0.1, 0.15) is 0 Å². The predicted octanol–water partition coefficient (Wildman–Crippen LogP) is -0.923. The summed E-state index contributed by atoms with van der Waals surface area (Å²) in [6.07, 6.45) is 0.270. The highest BCUT2D eigenvalue weighted by atomic mass is 16.3. The monoisotopic (exact) mass is 131 g/mol. The van der Waals surface area contributed by atoms with Gasteiger partial charge in [0, 0.05) is 0 Å². The first kappa shape index (κ1) is 6.99. The fourth-order valence-corrected chi connectivity index (χ4v) is 1.29. The number of hydrogen-bond donors (Lipinski definition) is 3. The summed E-state index contributed by atoms with van der Waals surface area (Å²) in [5, 5.41) is 18.0. The lowest BCUT2D eigenvalue weighted by molar-refractivity contribution is 0.0438. The highest BCUT2D eigenvalue weighted by Gasteiger charge is 2.29. The molecule has 9 heavy (non-hydrogen) atoms. The fraction of sp³-hybridized carbons (Fsp3) is 1.00. The zero-order valence-electron chi connectivity index (χ0n) is 5.33. The van der Waals surface area contributed by atoms with Gasteiger partial charge in [0.2, 0.25) is 0 Å². The molecule has 0 saturated heterocycles. The van der Waals surface area contributed by atoms with Gasteiger partial charge in [-0.05, 0) is 25.3 Å². The van der Waals surface area contributed by atoms with E-state index in [1.807, 2.05) is 0 Å². The molecule has 0 amide bonds. The Bertz CT molecular complexity index is 87.1. The first-order valence-corrected chi connectivity index (χ1v) is 3.30. The fourth-order valence-electron chi connectivity index (χ4n) is 1.29. The van der Waals surface area contributed by atoms with Crippen molar-refractivity contribution in [3.05, 3.63) is 0 Å². The Balaban J connectivity index is 2.35. The van der Waals surface area contributed by atoms with Gasteiger partial charge in [-0.15, -0.1) is 0 Å². The Morgan fingerprint density at radius 1 is 1.22 bits per heavy atom. The SMILES string of the molecule is NCC1CC(O)C(O)C1. The van der Waals surface area contributed by atoms with E-state index < -0.39 is 12.2 Å². The van der Waals surface area contributed by atoms with Crippen molar-refractivity contribution in [2.45, 2.75) is 25.0 Å². The van der Waals surface area contributed by atoms with E-state index in [1.54, 1.807) is 0 Å². The van der Waals surface area contributed by atoms with Crippen molar-refractivity contribution in [2.24, 2.45) is 11.7 Å². The van der Waals surface area contributed by atoms with Crippen molar-refractivity contribution in [3.63, 3.8) is 0 Å². The van der Waals surface area contributed by atoms with E-state index in [4.69, 9.17) is 15.9 Å². The third-order valence-electron chi connectivity index (χ3n) is 1.93. The molecule has 1 saturated carbocycles. The molecule has 3 heteroatoms. The van der Waals surface area contributed by atoms with Crippen LogP contribution in [0.15, 0.2) is 0 Å². The van der Waals surface area contributed by atoms with E-state index in [0.29, 0.717) is 25.3 Å². The van der Waals surface area contributed by atoms with Crippen molar-refractivity contribution in [3.8, 4) is 0 Å². The molecule has 0 bridgehead atoms. The van der Waals surface area contributed by atoms with Crippen LogP contribution in [0.1, 0.15) is 12.8 Å². The third-order valence-corrected chi connectivity index (χ3v) is 1.93. The zero-order valence-corrected chi connectivity index (χ0v) is 5.33. The van der Waals surface area contributed by atoms with Crippen LogP contribution >= 0.6 is 0 Å². The molecule has 0 spiro atoms. The zero-order chi connectivity index (χ0) is 6.85. The van der Waals surface area contributed by atoms with E-state index in [-0.39, 0.29) is 0 Å². The Morgan fingerprint density at radius 2 is 1.67 bits per heavy atom. The average Bonchev–Trinajstić information content (AvgIpc) is 2.13. The molecule has 1 fully saturated rings. The first-order chi connectivity index (χ1) is 4.24. The molecule has 2 atom stereocenters. The van der Waals surface area contributed by atoms with Crippen LogP contribution in [0.25, 0.3) is 0 Å². The van der Waals surface area contributed by atoms with Gasteiger partial charge in [0.05, 0.1) is 12.2 Å². The van der Waals surface area contributed by atoms with Gasteiger partial charge in [0.15, 0.2) is 0 Å². The lowest BCUT2D eigenvalue weighted by Crippen LogP contribution is -2.17. The van der Waals surface area contributed by atoms with E-state index >= 15 is 0 Å². The van der Waals surface area contributed by atoms with Gasteiger partial charge in [-0.1, -0.05) is 0 Å². The molecule has 54 valence electrons. The Hall–Kier alpha value is -0.120. The van der Waals surface area contributed by atoms with Gasteiger partial charge in [0.25, 0.3) is 0 Å². The number of aliphatic hydroxyl groups is 2. The van der Waals surface area contributed by atoms with E-state index in [1.165, 1.54) is 0 Å². The largest absolute Gasteiger partial charge is 0.390 e. The molecule has 0 aromatic carbocycles. The molecule has 1 rings (SSSR count). The number of rotatable bonds is 1. The summed E-state index contributed by atoms with van der Waals surface area (Å²) < 4.78 is 0. The normalized spacial score (nSPS) is 43.7. The smallest absolute Gasteiger partial charge is 0.0802 e. The van der Waals surface area contributed by atoms with E-state index in [2.05, 4.69) is 0 Å². The van der Waals surface area contributed by atoms with Crippen LogP contribution in [0.4, 0.5) is 0 Å². The van der Waals surface area contributed by atoms with Crippen molar-refractivity contribution >= 4 is 0 Å². The number of nitrogens with two attached hydrogens (primary N) is 1. The lowest BCUT2D eigenvalue weighted by Gasteiger charge is -2.03. The van der Waals surface area contributed by atoms with Crippen LogP contribution in [-0.2, 0) is 0 Å². The molecular formula is C6H13NO2. The summed E-state index contributed by atoms with van der Waals surface area (Å²) in [5.41, 5.74) is 5.34. The van der Waals surface area contributed by atoms with E-state index in [9.17, 15) is 0 Å². The van der Waals surface area contributed by atoms with Crippen LogP contribution < -0.4 is 5.73 Å². The molecular weight excluding hydrogens is 118 g/mol. The maximum Gasteiger partial charge on any atom is 0.0802 e. The summed E-state index contributed by atoms with van der Waals surface area (Å²) in [4.78, 5) is 0. The summed E-state index contributed by atoms with van der Waals surface area (Å²) >= 11 is 0. The molecule has 1 aliphatic carbocycles. The minimum Gasteiger partial charge on any atom is -0.390 e. The van der Waals surface area contributed by atoms with Gasteiger partial charge >= 0.3 is 0 Å². The standard InChI is InChI=1S/C6H13NO2/c7-3-4-1-5(8)6(9)2-4/h4-6,8-9H,1-3,7H2. The summed E-state index contributed by atoms with van der Waals surface area (Å²) in [5.74, 6) is 0.329. The van der Waals surface area contributed by atoms with Crippen molar-refractivity contribution in [2.75, 3.05) is 6.54 Å². The number of aliphatic hydroxyl groups excluding tert-OH is 2. The third kappa shape index (κ3) is 1.41. The molecule has 2 unspecified atom stereocenters. The Kier molecular flexibility index (Phi) is 2.05. The lowest BCUT2D eigenvalue weighted by atomic mass is 10.1.